The van der Waals surface area contributed by atoms with Gasteiger partial charge < -0.3 is 15.0 Å². The van der Waals surface area contributed by atoms with Crippen LogP contribution >= 0.6 is 11.6 Å². The predicted molar refractivity (Wildman–Crippen MR) is 140 cm³/mol. The molecule has 186 valence electrons. The molecule has 5 nitrogen and oxygen atoms in total. The zero-order valence-corrected chi connectivity index (χ0v) is 21.8. The number of nitrogens with one attached hydrogen (secondary N) is 1. The Balaban J connectivity index is 1.54. The summed E-state index contributed by atoms with van der Waals surface area (Å²) in [6.07, 6.45) is 4.37. The van der Waals surface area contributed by atoms with Gasteiger partial charge in [-0.15, -0.1) is 0 Å². The van der Waals surface area contributed by atoms with Gasteiger partial charge in [-0.3, -0.25) is 9.59 Å². The Morgan fingerprint density at radius 1 is 1.11 bits per heavy atom. The minimum absolute atomic E-state index is 0.0179. The topological polar surface area (TPSA) is 58.6 Å². The molecular formula is C29H35ClN2O3. The normalized spacial score (nSPS) is 23.6. The number of halogens is 1. The average Bonchev–Trinajstić information content (AvgIpc) is 2.82. The standard InChI is InChI=1S/C29H35ClN2O3/c1-19-5-7-21(8-6-19)17-31-27(33)18-32-24-16-22(29(2,3)4)11-14-25(24)35-26(28(32)34)15-20-9-12-23(30)13-10-20/h5-10,12-13,15,22,24-25H,11,14,16-18H2,1-4H3,(H,31,33)/b26-15+. The summed E-state index contributed by atoms with van der Waals surface area (Å²) in [6, 6.07) is 15.2. The van der Waals surface area contributed by atoms with Crippen LogP contribution in [-0.4, -0.2) is 35.4 Å². The molecule has 2 aromatic rings. The molecule has 2 aliphatic rings. The van der Waals surface area contributed by atoms with Gasteiger partial charge in [0, 0.05) is 11.6 Å². The van der Waals surface area contributed by atoms with Gasteiger partial charge >= 0.3 is 0 Å². The Kier molecular flexibility index (Phi) is 7.56. The van der Waals surface area contributed by atoms with Crippen LogP contribution in [0.4, 0.5) is 0 Å². The van der Waals surface area contributed by atoms with Gasteiger partial charge in [0.05, 0.1) is 6.04 Å². The summed E-state index contributed by atoms with van der Waals surface area (Å²) in [6.45, 7) is 9.22. The Morgan fingerprint density at radius 3 is 2.46 bits per heavy atom. The third kappa shape index (κ3) is 6.26. The van der Waals surface area contributed by atoms with E-state index in [1.807, 2.05) is 43.3 Å². The van der Waals surface area contributed by atoms with Gasteiger partial charge in [0.1, 0.15) is 12.6 Å². The van der Waals surface area contributed by atoms with E-state index in [1.165, 1.54) is 5.56 Å². The number of carbonyl (C=O) groups is 2. The van der Waals surface area contributed by atoms with Crippen molar-refractivity contribution in [1.82, 2.24) is 10.2 Å². The van der Waals surface area contributed by atoms with Gasteiger partial charge in [-0.05, 0) is 66.9 Å². The second-order valence-corrected chi connectivity index (χ2v) is 11.3. The summed E-state index contributed by atoms with van der Waals surface area (Å²) in [5, 5.41) is 3.62. The van der Waals surface area contributed by atoms with E-state index in [1.54, 1.807) is 23.1 Å². The number of aryl methyl sites for hydroxylation is 1. The van der Waals surface area contributed by atoms with Crippen LogP contribution in [0.2, 0.25) is 5.02 Å². The van der Waals surface area contributed by atoms with E-state index in [9.17, 15) is 9.59 Å². The van der Waals surface area contributed by atoms with Crippen molar-refractivity contribution in [3.63, 3.8) is 0 Å². The molecule has 4 rings (SSSR count). The fraction of sp³-hybridized carbons (Fsp3) is 0.448. The zero-order chi connectivity index (χ0) is 25.2. The first kappa shape index (κ1) is 25.3. The van der Waals surface area contributed by atoms with E-state index in [0.717, 1.165) is 30.4 Å². The first-order chi connectivity index (χ1) is 16.6. The van der Waals surface area contributed by atoms with Crippen molar-refractivity contribution in [2.45, 2.75) is 65.6 Å². The van der Waals surface area contributed by atoms with Crippen LogP contribution < -0.4 is 5.32 Å². The lowest BCUT2D eigenvalue weighted by molar-refractivity contribution is -0.154. The smallest absolute Gasteiger partial charge is 0.289 e. The highest BCUT2D eigenvalue weighted by Gasteiger charge is 2.46. The van der Waals surface area contributed by atoms with Crippen LogP contribution in [0.25, 0.3) is 6.08 Å². The van der Waals surface area contributed by atoms with E-state index in [-0.39, 0.29) is 41.7 Å². The number of fused-ring (bicyclic) bond motifs is 1. The van der Waals surface area contributed by atoms with Crippen molar-refractivity contribution in [3.8, 4) is 0 Å². The summed E-state index contributed by atoms with van der Waals surface area (Å²) in [7, 11) is 0. The highest BCUT2D eigenvalue weighted by atomic mass is 35.5. The molecule has 6 heteroatoms. The molecule has 35 heavy (non-hydrogen) atoms. The van der Waals surface area contributed by atoms with Crippen molar-refractivity contribution in [1.29, 1.82) is 0 Å². The molecule has 2 fully saturated rings. The molecule has 0 radical (unpaired) electrons. The van der Waals surface area contributed by atoms with Crippen molar-refractivity contribution < 1.29 is 14.3 Å². The molecule has 1 saturated carbocycles. The molecule has 2 aromatic carbocycles. The minimum atomic E-state index is -0.235. The Hall–Kier alpha value is -2.79. The first-order valence-electron chi connectivity index (χ1n) is 12.4. The monoisotopic (exact) mass is 494 g/mol. The average molecular weight is 495 g/mol. The molecule has 1 N–H and O–H groups in total. The van der Waals surface area contributed by atoms with Crippen molar-refractivity contribution in [3.05, 3.63) is 76.0 Å². The maximum absolute atomic E-state index is 13.6. The molecule has 1 saturated heterocycles. The van der Waals surface area contributed by atoms with Gasteiger partial charge in [-0.25, -0.2) is 0 Å². The van der Waals surface area contributed by atoms with Crippen LogP contribution in [0.3, 0.4) is 0 Å². The quantitative estimate of drug-likeness (QED) is 0.538. The minimum Gasteiger partial charge on any atom is -0.482 e. The Labute approximate surface area is 213 Å². The number of hydrogen-bond acceptors (Lipinski definition) is 3. The highest BCUT2D eigenvalue weighted by Crippen LogP contribution is 2.42. The third-order valence-electron chi connectivity index (χ3n) is 7.22. The Bertz CT molecular complexity index is 1090. The molecule has 1 heterocycles. The van der Waals surface area contributed by atoms with E-state index in [0.29, 0.717) is 17.5 Å². The number of nitrogens with zero attached hydrogens (tertiary/aromatic N) is 1. The highest BCUT2D eigenvalue weighted by molar-refractivity contribution is 6.30. The summed E-state index contributed by atoms with van der Waals surface area (Å²) >= 11 is 6.02. The number of rotatable bonds is 5. The molecule has 0 bridgehead atoms. The number of ether oxygens (including phenoxy) is 1. The van der Waals surface area contributed by atoms with Crippen LogP contribution in [0, 0.1) is 18.3 Å². The SMILES string of the molecule is Cc1ccc(CNC(=O)CN2C(=O)/C(=C\c3ccc(Cl)cc3)OC3CCC(C(C)(C)C)CC32)cc1. The van der Waals surface area contributed by atoms with Crippen molar-refractivity contribution in [2.24, 2.45) is 11.3 Å². The molecule has 2 amide bonds. The van der Waals surface area contributed by atoms with Crippen molar-refractivity contribution in [2.75, 3.05) is 6.54 Å². The number of hydrogen-bond donors (Lipinski definition) is 1. The second-order valence-electron chi connectivity index (χ2n) is 10.9. The lowest BCUT2D eigenvalue weighted by Crippen LogP contribution is -2.58. The molecule has 3 atom stereocenters. The van der Waals surface area contributed by atoms with Crippen LogP contribution in [0.15, 0.2) is 54.3 Å². The maximum atomic E-state index is 13.6. The summed E-state index contributed by atoms with van der Waals surface area (Å²) in [5.41, 5.74) is 3.18. The zero-order valence-electron chi connectivity index (χ0n) is 21.0. The number of benzene rings is 2. The van der Waals surface area contributed by atoms with Gasteiger partial charge in [-0.1, -0.05) is 74.3 Å². The summed E-state index contributed by atoms with van der Waals surface area (Å²) in [4.78, 5) is 28.3. The molecule has 0 aromatic heterocycles. The molecule has 0 spiro atoms. The molecule has 1 aliphatic carbocycles. The van der Waals surface area contributed by atoms with Crippen LogP contribution in [0.5, 0.6) is 0 Å². The van der Waals surface area contributed by atoms with Crippen LogP contribution in [0.1, 0.15) is 56.7 Å². The Morgan fingerprint density at radius 2 is 1.80 bits per heavy atom. The largest absolute Gasteiger partial charge is 0.482 e. The second kappa shape index (κ2) is 10.4. The lowest BCUT2D eigenvalue weighted by Gasteiger charge is -2.48. The van der Waals surface area contributed by atoms with Gasteiger partial charge in [0.2, 0.25) is 5.91 Å². The van der Waals surface area contributed by atoms with Crippen LogP contribution in [-0.2, 0) is 20.9 Å². The summed E-state index contributed by atoms with van der Waals surface area (Å²) < 4.78 is 6.26. The third-order valence-corrected chi connectivity index (χ3v) is 7.47. The van der Waals surface area contributed by atoms with E-state index >= 15 is 0 Å². The van der Waals surface area contributed by atoms with E-state index in [2.05, 4.69) is 26.1 Å². The fourth-order valence-corrected chi connectivity index (χ4v) is 5.11. The molecular weight excluding hydrogens is 460 g/mol. The number of carbonyl (C=O) groups excluding carboxylic acids is 2. The maximum Gasteiger partial charge on any atom is 0.289 e. The lowest BCUT2D eigenvalue weighted by atomic mass is 9.69. The van der Waals surface area contributed by atoms with Gasteiger partial charge in [0.15, 0.2) is 5.76 Å². The molecule has 1 aliphatic heterocycles. The summed E-state index contributed by atoms with van der Waals surface area (Å²) in [5.74, 6) is 0.346. The number of amides is 2. The molecule has 3 unspecified atom stereocenters. The van der Waals surface area contributed by atoms with Crippen molar-refractivity contribution >= 4 is 29.5 Å². The van der Waals surface area contributed by atoms with Gasteiger partial charge in [0.25, 0.3) is 5.91 Å². The predicted octanol–water partition coefficient (Wildman–Crippen LogP) is 5.75. The first-order valence-corrected chi connectivity index (χ1v) is 12.7. The fourth-order valence-electron chi connectivity index (χ4n) is 4.99. The number of morpholine rings is 1. The van der Waals surface area contributed by atoms with E-state index < -0.39 is 0 Å². The van der Waals surface area contributed by atoms with Gasteiger partial charge in [-0.2, -0.15) is 0 Å². The van der Waals surface area contributed by atoms with E-state index in [4.69, 9.17) is 16.3 Å².